The monoisotopic (exact) mass is 357 g/mol. The fraction of sp³-hybridized carbons (Fsp3) is 0.800. The number of aromatic nitrogens is 2. The number of hydrogen-bond acceptors (Lipinski definition) is 6. The second-order valence-electron chi connectivity index (χ2n) is 8.72. The van der Waals surface area contributed by atoms with Crippen LogP contribution in [0.2, 0.25) is 0 Å². The van der Waals surface area contributed by atoms with Crippen LogP contribution in [-0.2, 0) is 13.0 Å². The van der Waals surface area contributed by atoms with E-state index >= 15 is 0 Å². The van der Waals surface area contributed by atoms with Gasteiger partial charge in [0.1, 0.15) is 12.4 Å². The van der Waals surface area contributed by atoms with Crippen molar-refractivity contribution < 1.29 is 4.74 Å². The lowest BCUT2D eigenvalue weighted by molar-refractivity contribution is 0.187. The third-order valence-corrected chi connectivity index (χ3v) is 6.88. The molecule has 0 aromatic carbocycles. The number of likely N-dealkylation sites (N-methyl/N-ethyl adjacent to an activating group) is 1. The highest BCUT2D eigenvalue weighted by atomic mass is 16.5. The lowest BCUT2D eigenvalue weighted by atomic mass is 9.97. The van der Waals surface area contributed by atoms with E-state index in [1.165, 1.54) is 50.0 Å². The Morgan fingerprint density at radius 3 is 2.77 bits per heavy atom. The van der Waals surface area contributed by atoms with Crippen LogP contribution in [0, 0.1) is 11.8 Å². The van der Waals surface area contributed by atoms with E-state index in [2.05, 4.69) is 22.2 Å². The lowest BCUT2D eigenvalue weighted by Gasteiger charge is -2.35. The van der Waals surface area contributed by atoms with Gasteiger partial charge < -0.3 is 19.9 Å². The summed E-state index contributed by atoms with van der Waals surface area (Å²) in [5.74, 6) is 2.89. The zero-order valence-electron chi connectivity index (χ0n) is 15.9. The second-order valence-corrected chi connectivity index (χ2v) is 8.72. The number of fused-ring (bicyclic) bond motifs is 3. The standard InChI is InChI=1S/C20H31N5O/c1-24-8-2-3-16(24)13-26-20-22-18-10-21-7-6-17(18)19(23-20)25-11-14-4-5-15(9-14)12-25/h14-16,21H,2-13H2,1H3/t14?,15?,16-/m0/s1. The predicted molar refractivity (Wildman–Crippen MR) is 102 cm³/mol. The third kappa shape index (κ3) is 3.18. The van der Waals surface area contributed by atoms with Crippen LogP contribution in [0.15, 0.2) is 0 Å². The van der Waals surface area contributed by atoms with Gasteiger partial charge in [0, 0.05) is 31.2 Å². The summed E-state index contributed by atoms with van der Waals surface area (Å²) in [7, 11) is 2.19. The highest BCUT2D eigenvalue weighted by molar-refractivity contribution is 5.51. The lowest BCUT2D eigenvalue weighted by Crippen LogP contribution is -2.39. The van der Waals surface area contributed by atoms with Crippen LogP contribution in [-0.4, -0.2) is 60.7 Å². The molecule has 4 aliphatic rings. The fourth-order valence-corrected chi connectivity index (χ4v) is 5.39. The molecule has 142 valence electrons. The Hall–Kier alpha value is -1.40. The first-order valence-corrected chi connectivity index (χ1v) is 10.4. The fourth-order valence-electron chi connectivity index (χ4n) is 5.39. The molecular weight excluding hydrogens is 326 g/mol. The van der Waals surface area contributed by atoms with Gasteiger partial charge in [-0.3, -0.25) is 0 Å². The topological polar surface area (TPSA) is 53.5 Å². The normalized spacial score (nSPS) is 31.3. The molecule has 4 heterocycles. The van der Waals surface area contributed by atoms with E-state index in [1.807, 2.05) is 0 Å². The molecule has 1 aromatic heterocycles. The molecule has 2 saturated heterocycles. The van der Waals surface area contributed by atoms with Gasteiger partial charge in [-0.2, -0.15) is 9.97 Å². The number of rotatable bonds is 4. The molecule has 3 aliphatic heterocycles. The Kier molecular flexibility index (Phi) is 4.49. The minimum atomic E-state index is 0.502. The molecule has 26 heavy (non-hydrogen) atoms. The van der Waals surface area contributed by atoms with E-state index in [0.717, 1.165) is 50.1 Å². The zero-order chi connectivity index (χ0) is 17.5. The van der Waals surface area contributed by atoms with Crippen LogP contribution < -0.4 is 15.0 Å². The average Bonchev–Trinajstić information content (AvgIpc) is 3.23. The first-order chi connectivity index (χ1) is 12.8. The maximum Gasteiger partial charge on any atom is 0.318 e. The van der Waals surface area contributed by atoms with Gasteiger partial charge in [-0.1, -0.05) is 0 Å². The van der Waals surface area contributed by atoms with Crippen LogP contribution in [0.25, 0.3) is 0 Å². The van der Waals surface area contributed by atoms with Gasteiger partial charge in [0.2, 0.25) is 0 Å². The van der Waals surface area contributed by atoms with Crippen molar-refractivity contribution in [2.45, 2.75) is 51.1 Å². The number of ether oxygens (including phenoxy) is 1. The van der Waals surface area contributed by atoms with Crippen LogP contribution in [0.4, 0.5) is 5.82 Å². The van der Waals surface area contributed by atoms with Gasteiger partial charge in [0.05, 0.1) is 5.69 Å². The van der Waals surface area contributed by atoms with Crippen molar-refractivity contribution in [2.75, 3.05) is 44.7 Å². The summed E-state index contributed by atoms with van der Waals surface area (Å²) in [5.41, 5.74) is 2.50. The molecule has 3 fully saturated rings. The van der Waals surface area contributed by atoms with Crippen molar-refractivity contribution in [3.63, 3.8) is 0 Å². The molecule has 1 aliphatic carbocycles. The zero-order valence-corrected chi connectivity index (χ0v) is 15.9. The second kappa shape index (κ2) is 6.97. The van der Waals surface area contributed by atoms with Crippen molar-refractivity contribution in [1.29, 1.82) is 0 Å². The number of likely N-dealkylation sites (tertiary alicyclic amines) is 1. The molecule has 0 radical (unpaired) electrons. The maximum atomic E-state index is 6.11. The van der Waals surface area contributed by atoms with Crippen molar-refractivity contribution >= 4 is 5.82 Å². The molecule has 2 bridgehead atoms. The number of hydrogen-bond donors (Lipinski definition) is 1. The van der Waals surface area contributed by atoms with Crippen LogP contribution >= 0.6 is 0 Å². The summed E-state index contributed by atoms with van der Waals surface area (Å²) < 4.78 is 6.11. The van der Waals surface area contributed by atoms with Gasteiger partial charge in [-0.25, -0.2) is 0 Å². The Morgan fingerprint density at radius 2 is 2.00 bits per heavy atom. The summed E-state index contributed by atoms with van der Waals surface area (Å²) in [6, 6.07) is 1.09. The molecule has 6 heteroatoms. The average molecular weight is 358 g/mol. The van der Waals surface area contributed by atoms with Crippen LogP contribution in [0.1, 0.15) is 43.4 Å². The van der Waals surface area contributed by atoms with Crippen molar-refractivity contribution in [2.24, 2.45) is 11.8 Å². The van der Waals surface area contributed by atoms with Gasteiger partial charge in [-0.05, 0) is 70.5 Å². The maximum absolute atomic E-state index is 6.11. The van der Waals surface area contributed by atoms with Crippen molar-refractivity contribution in [3.05, 3.63) is 11.3 Å². The van der Waals surface area contributed by atoms with E-state index in [4.69, 9.17) is 14.7 Å². The third-order valence-electron chi connectivity index (χ3n) is 6.88. The molecule has 1 N–H and O–H groups in total. The largest absolute Gasteiger partial charge is 0.462 e. The minimum Gasteiger partial charge on any atom is -0.462 e. The van der Waals surface area contributed by atoms with Gasteiger partial charge in [0.15, 0.2) is 0 Å². The molecule has 0 amide bonds. The number of nitrogens with zero attached hydrogens (tertiary/aromatic N) is 4. The summed E-state index contributed by atoms with van der Waals surface area (Å²) in [6.07, 6.45) is 7.72. The highest BCUT2D eigenvalue weighted by Gasteiger charge is 2.35. The van der Waals surface area contributed by atoms with Crippen molar-refractivity contribution in [3.8, 4) is 6.01 Å². The van der Waals surface area contributed by atoms with Gasteiger partial charge >= 0.3 is 6.01 Å². The summed E-state index contributed by atoms with van der Waals surface area (Å²) in [6.45, 7) is 6.07. The van der Waals surface area contributed by atoms with Crippen molar-refractivity contribution in [1.82, 2.24) is 20.2 Å². The summed E-state index contributed by atoms with van der Waals surface area (Å²) in [5, 5.41) is 3.46. The minimum absolute atomic E-state index is 0.502. The first kappa shape index (κ1) is 16.8. The molecule has 1 saturated carbocycles. The van der Waals surface area contributed by atoms with Crippen LogP contribution in [0.5, 0.6) is 6.01 Å². The Bertz CT molecular complexity index is 654. The van der Waals surface area contributed by atoms with E-state index in [-0.39, 0.29) is 0 Å². The number of piperidine rings is 1. The Morgan fingerprint density at radius 1 is 1.15 bits per heavy atom. The van der Waals surface area contributed by atoms with E-state index < -0.39 is 0 Å². The molecular formula is C20H31N5O. The predicted octanol–water partition coefficient (Wildman–Crippen LogP) is 1.83. The quantitative estimate of drug-likeness (QED) is 0.887. The number of nitrogens with one attached hydrogen (secondary N) is 1. The van der Waals surface area contributed by atoms with E-state index in [0.29, 0.717) is 18.7 Å². The van der Waals surface area contributed by atoms with E-state index in [9.17, 15) is 0 Å². The number of anilines is 1. The Balaban J connectivity index is 1.39. The molecule has 5 rings (SSSR count). The SMILES string of the molecule is CN1CCC[C@H]1COc1nc2c(c(N3CC4CCC(C4)C3)n1)CCNC2. The molecule has 1 aromatic rings. The molecule has 3 atom stereocenters. The molecule has 2 unspecified atom stereocenters. The summed E-state index contributed by atoms with van der Waals surface area (Å²) in [4.78, 5) is 14.6. The Labute approximate surface area is 156 Å². The smallest absolute Gasteiger partial charge is 0.318 e. The molecule has 0 spiro atoms. The first-order valence-electron chi connectivity index (χ1n) is 10.4. The van der Waals surface area contributed by atoms with Gasteiger partial charge in [0.25, 0.3) is 0 Å². The highest BCUT2D eigenvalue weighted by Crippen LogP contribution is 2.39. The summed E-state index contributed by atoms with van der Waals surface area (Å²) >= 11 is 0. The van der Waals surface area contributed by atoms with Crippen LogP contribution in [0.3, 0.4) is 0 Å². The van der Waals surface area contributed by atoms with E-state index in [1.54, 1.807) is 0 Å². The molecule has 6 nitrogen and oxygen atoms in total. The van der Waals surface area contributed by atoms with Gasteiger partial charge in [-0.15, -0.1) is 0 Å².